The molecule has 75 heavy (non-hydrogen) atoms. The molecule has 12 N–H and O–H groups in total. The van der Waals surface area contributed by atoms with Crippen LogP contribution < -0.4 is 46.5 Å². The second-order valence-electron chi connectivity index (χ2n) is 16.0. The Kier molecular flexibility index (Phi) is 25.3. The quantitative estimate of drug-likeness (QED) is 0.0104. The van der Waals surface area contributed by atoms with Gasteiger partial charge in [-0.1, -0.05) is 94.6 Å². The first-order chi connectivity index (χ1) is 36.0. The van der Waals surface area contributed by atoms with Crippen molar-refractivity contribution < 1.29 is 55.6 Å². The van der Waals surface area contributed by atoms with Crippen molar-refractivity contribution in [3.8, 4) is 0 Å². The highest BCUT2D eigenvalue weighted by molar-refractivity contribution is 7.81. The molecule has 21 nitrogen and oxygen atoms in total. The minimum Gasteiger partial charge on any atom is -0.755 e. The van der Waals surface area contributed by atoms with Gasteiger partial charge in [0.2, 0.25) is 0 Å². The van der Waals surface area contributed by atoms with E-state index in [2.05, 4.69) is 47.7 Å². The number of esters is 1. The minimum atomic E-state index is -2.60. The number of para-hydroxylation sites is 3. The van der Waals surface area contributed by atoms with Gasteiger partial charge < -0.3 is 75.1 Å². The number of rotatable bonds is 26. The fourth-order valence-corrected chi connectivity index (χ4v) is 7.72. The highest BCUT2D eigenvalue weighted by atomic mass is 32.2. The zero-order valence-corrected chi connectivity index (χ0v) is 43.7. The van der Waals surface area contributed by atoms with Crippen LogP contribution in [0.15, 0.2) is 127 Å². The van der Waals surface area contributed by atoms with Crippen LogP contribution in [0.1, 0.15) is 90.4 Å². The highest BCUT2D eigenvalue weighted by Crippen LogP contribution is 2.38. The van der Waals surface area contributed by atoms with E-state index in [9.17, 15) is 45.8 Å². The van der Waals surface area contributed by atoms with Crippen molar-refractivity contribution >= 4 is 120 Å². The molecular formula is C51H60N9O12S3-3. The van der Waals surface area contributed by atoms with Gasteiger partial charge in [-0.15, -0.1) is 0 Å². The van der Waals surface area contributed by atoms with Crippen molar-refractivity contribution in [3.05, 3.63) is 144 Å². The molecule has 0 saturated heterocycles. The Bertz CT molecular complexity index is 2870. The van der Waals surface area contributed by atoms with Crippen molar-refractivity contribution in [3.63, 3.8) is 0 Å². The molecule has 3 unspecified atom stereocenters. The van der Waals surface area contributed by atoms with E-state index >= 15 is 0 Å². The third-order valence-electron chi connectivity index (χ3n) is 10.3. The third-order valence-corrected chi connectivity index (χ3v) is 11.5. The monoisotopic (exact) mass is 1090 g/mol. The number of anilines is 12. The molecule has 6 rings (SSSR count). The molecule has 0 amide bonds. The molecule has 3 atom stereocenters. The first kappa shape index (κ1) is 59.8. The number of nitrogens with two attached hydrogens (primary N) is 1. The number of nitrogen functional groups attached to an aromatic ring is 1. The molecule has 0 aliphatic carbocycles. The van der Waals surface area contributed by atoms with Crippen LogP contribution in [0.3, 0.4) is 0 Å². The van der Waals surface area contributed by atoms with Crippen molar-refractivity contribution in [2.75, 3.05) is 66.2 Å². The molecule has 0 radical (unpaired) electrons. The summed E-state index contributed by atoms with van der Waals surface area (Å²) in [7, 11) is 0. The Labute approximate surface area is 443 Å². The van der Waals surface area contributed by atoms with Crippen LogP contribution in [0.2, 0.25) is 0 Å². The van der Waals surface area contributed by atoms with Gasteiger partial charge in [0.1, 0.15) is 0 Å². The Hall–Kier alpha value is -7.74. The maximum absolute atomic E-state index is 12.5. The van der Waals surface area contributed by atoms with Crippen molar-refractivity contribution in [1.29, 1.82) is 0 Å². The van der Waals surface area contributed by atoms with Crippen LogP contribution >= 0.6 is 0 Å². The average Bonchev–Trinajstić information content (AvgIpc) is 3.37. The summed E-state index contributed by atoms with van der Waals surface area (Å²) in [4.78, 5) is 34.8. The van der Waals surface area contributed by atoms with Crippen molar-refractivity contribution in [2.45, 2.75) is 59.3 Å². The number of carbonyl (C=O) groups excluding carboxylic acids is 1. The van der Waals surface area contributed by atoms with Gasteiger partial charge in [-0.2, -0.15) is 0 Å². The molecule has 6 aromatic rings. The predicted octanol–water partition coefficient (Wildman–Crippen LogP) is 10.3. The van der Waals surface area contributed by atoms with Crippen LogP contribution in [0.4, 0.5) is 68.2 Å². The van der Waals surface area contributed by atoms with Gasteiger partial charge in [0.15, 0.2) is 0 Å². The first-order valence-electron chi connectivity index (χ1n) is 23.5. The molecule has 0 fully saturated rings. The lowest BCUT2D eigenvalue weighted by atomic mass is 10.1. The number of hydrogen-bond acceptors (Lipinski definition) is 16. The zero-order valence-electron chi connectivity index (χ0n) is 41.3. The first-order valence-corrected chi connectivity index (χ1v) is 26.7. The van der Waals surface area contributed by atoms with Crippen LogP contribution in [-0.4, -0.2) is 74.1 Å². The van der Waals surface area contributed by atoms with Crippen LogP contribution in [-0.2, 0) is 38.5 Å². The standard InChI is InChI=1S/C21H29N3O4S.C17H21N3O4S.C13H13N3O4S/c1-3-5-12-22-18-14-16(21(25)28-13-6-4-2)15-19(24-29(26)27)20(18)23-17-10-8-7-9-11-17;1-2-3-9-18-14-10-12(17(21)22)11-15(20-25(23)24)16(14)19-13-7-5-4-6-8-13;14-10-6-8(13(17)18)7-11(16-21(19)20)12(10)15-9-4-2-1-3-5-9/h7-11,14-15,22-24H,3-6,12-13H2,1-2H3,(H,26,27);4-8,10-11,18-20H,2-3,9H2,1H3,(H,21,22)(H,23,24);1-7,15-16H,14H2,(H,17,18)(H,19,20)/p-3. The molecule has 0 aliphatic heterocycles. The molecule has 402 valence electrons. The summed E-state index contributed by atoms with van der Waals surface area (Å²) in [5.41, 5.74) is 11.3. The molecule has 6 aromatic carbocycles. The molecule has 0 heterocycles. The predicted molar refractivity (Wildman–Crippen MR) is 296 cm³/mol. The zero-order chi connectivity index (χ0) is 54.7. The smallest absolute Gasteiger partial charge is 0.338 e. The van der Waals surface area contributed by atoms with E-state index in [4.69, 9.17) is 15.6 Å². The lowest BCUT2D eigenvalue weighted by Gasteiger charge is -2.21. The summed E-state index contributed by atoms with van der Waals surface area (Å²) in [5, 5.41) is 34.1. The molecular weight excluding hydrogens is 1030 g/mol. The normalized spacial score (nSPS) is 11.6. The van der Waals surface area contributed by atoms with Gasteiger partial charge in [-0.3, -0.25) is 12.6 Å². The molecule has 24 heteroatoms. The van der Waals surface area contributed by atoms with E-state index in [1.165, 1.54) is 30.3 Å². The summed E-state index contributed by atoms with van der Waals surface area (Å²) in [6.45, 7) is 7.80. The lowest BCUT2D eigenvalue weighted by molar-refractivity contribution is 0.0499. The number of carbonyl (C=O) groups is 3. The Morgan fingerprint density at radius 2 is 0.827 bits per heavy atom. The number of aromatic carboxylic acids is 2. The number of unbranched alkanes of at least 4 members (excludes halogenated alkanes) is 3. The molecule has 0 aliphatic rings. The second kappa shape index (κ2) is 31.8. The molecule has 0 saturated carbocycles. The molecule has 0 spiro atoms. The van der Waals surface area contributed by atoms with E-state index in [0.717, 1.165) is 49.9 Å². The summed E-state index contributed by atoms with van der Waals surface area (Å²) in [6, 6.07) is 36.0. The summed E-state index contributed by atoms with van der Waals surface area (Å²) in [6.07, 6.45) is 5.51. The van der Waals surface area contributed by atoms with Gasteiger partial charge in [0.05, 0.1) is 74.5 Å². The van der Waals surface area contributed by atoms with E-state index in [-0.39, 0.29) is 45.1 Å². The maximum Gasteiger partial charge on any atom is 0.338 e. The maximum atomic E-state index is 12.5. The van der Waals surface area contributed by atoms with E-state index in [0.29, 0.717) is 48.1 Å². The third kappa shape index (κ3) is 20.6. The average molecular weight is 1090 g/mol. The number of ether oxygens (including phenoxy) is 1. The number of carboxylic acids is 2. The van der Waals surface area contributed by atoms with Gasteiger partial charge in [-0.25, -0.2) is 14.4 Å². The fourth-order valence-electron chi connectivity index (χ4n) is 6.70. The summed E-state index contributed by atoms with van der Waals surface area (Å²) in [5.74, 6) is -2.82. The van der Waals surface area contributed by atoms with E-state index in [1.807, 2.05) is 80.6 Å². The van der Waals surface area contributed by atoms with Crippen LogP contribution in [0.5, 0.6) is 0 Å². The van der Waals surface area contributed by atoms with Gasteiger partial charge in [0.25, 0.3) is 0 Å². The highest BCUT2D eigenvalue weighted by Gasteiger charge is 2.19. The Morgan fingerprint density at radius 1 is 0.493 bits per heavy atom. The van der Waals surface area contributed by atoms with E-state index in [1.54, 1.807) is 30.3 Å². The van der Waals surface area contributed by atoms with Gasteiger partial charge in [0, 0.05) is 64.0 Å². The lowest BCUT2D eigenvalue weighted by Crippen LogP contribution is -2.13. The van der Waals surface area contributed by atoms with Gasteiger partial charge in [-0.05, 0) is 92.1 Å². The van der Waals surface area contributed by atoms with E-state index < -0.39 is 51.7 Å². The van der Waals surface area contributed by atoms with Gasteiger partial charge >= 0.3 is 17.9 Å². The van der Waals surface area contributed by atoms with Crippen LogP contribution in [0.25, 0.3) is 0 Å². The molecule has 0 bridgehead atoms. The number of benzene rings is 6. The topological polar surface area (TPSA) is 344 Å². The summed E-state index contributed by atoms with van der Waals surface area (Å²) >= 11 is -7.73. The summed E-state index contributed by atoms with van der Waals surface area (Å²) < 4.78 is 78.7. The molecule has 0 aromatic heterocycles. The van der Waals surface area contributed by atoms with Crippen molar-refractivity contribution in [1.82, 2.24) is 0 Å². The Morgan fingerprint density at radius 3 is 1.20 bits per heavy atom. The fraction of sp³-hybridized carbons (Fsp3) is 0.235. The number of nitrogens with one attached hydrogen (secondary N) is 8. The minimum absolute atomic E-state index is 0.00874. The number of carboxylic acid groups (broad SMARTS) is 2. The second-order valence-corrected chi connectivity index (χ2v) is 18.0. The Balaban J connectivity index is 0.000000246. The number of hydrogen-bond donors (Lipinski definition) is 11. The van der Waals surface area contributed by atoms with Crippen LogP contribution in [0, 0.1) is 0 Å². The SMILES string of the molecule is CCCCNc1cc(C(=O)O)cc(NS(=O)[O-])c1Nc1ccccc1.CCCCNc1cc(C(=O)OCCCC)cc(NS(=O)[O-])c1Nc1ccccc1.Nc1cc(C(=O)O)cc(NS(=O)[O-])c1Nc1ccccc1. The van der Waals surface area contributed by atoms with Crippen molar-refractivity contribution in [2.24, 2.45) is 0 Å². The largest absolute Gasteiger partial charge is 0.755 e.